The van der Waals surface area contributed by atoms with E-state index >= 15 is 0 Å². The predicted octanol–water partition coefficient (Wildman–Crippen LogP) is 1.41. The number of carbonyl (C=O) groups is 2. The molecule has 2 aliphatic heterocycles. The number of halogens is 1. The first-order valence-electron chi connectivity index (χ1n) is 8.75. The van der Waals surface area contributed by atoms with Crippen molar-refractivity contribution in [1.82, 2.24) is 9.80 Å². The van der Waals surface area contributed by atoms with Crippen molar-refractivity contribution in [3.63, 3.8) is 0 Å². The summed E-state index contributed by atoms with van der Waals surface area (Å²) < 4.78 is 13.0. The molecule has 136 valence electrons. The molecule has 3 rings (SSSR count). The van der Waals surface area contributed by atoms with Gasteiger partial charge in [-0.3, -0.25) is 9.69 Å². The van der Waals surface area contributed by atoms with Crippen LogP contribution in [0.4, 0.5) is 10.1 Å². The van der Waals surface area contributed by atoms with Crippen molar-refractivity contribution in [2.45, 2.75) is 31.8 Å². The van der Waals surface area contributed by atoms with Crippen LogP contribution in [0.5, 0.6) is 0 Å². The Balaban J connectivity index is 1.57. The highest BCUT2D eigenvalue weighted by Crippen LogP contribution is 2.22. The van der Waals surface area contributed by atoms with Crippen LogP contribution in [-0.4, -0.2) is 71.6 Å². The van der Waals surface area contributed by atoms with Crippen molar-refractivity contribution >= 4 is 17.6 Å². The molecule has 1 aromatic rings. The van der Waals surface area contributed by atoms with Gasteiger partial charge in [0.2, 0.25) is 5.91 Å². The van der Waals surface area contributed by atoms with E-state index in [9.17, 15) is 19.1 Å². The minimum atomic E-state index is -0.917. The van der Waals surface area contributed by atoms with E-state index in [0.29, 0.717) is 13.0 Å². The van der Waals surface area contributed by atoms with E-state index in [1.807, 2.05) is 6.92 Å². The summed E-state index contributed by atoms with van der Waals surface area (Å²) in [6.45, 7) is 5.33. The molecule has 0 spiro atoms. The molecule has 7 heteroatoms. The Labute approximate surface area is 146 Å². The predicted molar refractivity (Wildman–Crippen MR) is 92.0 cm³/mol. The van der Waals surface area contributed by atoms with Crippen LogP contribution < -0.4 is 4.90 Å². The first kappa shape index (κ1) is 17.7. The van der Waals surface area contributed by atoms with E-state index in [1.165, 1.54) is 17.0 Å². The Hall–Kier alpha value is -2.15. The summed E-state index contributed by atoms with van der Waals surface area (Å²) in [5, 5.41) is 9.26. The molecule has 6 nitrogen and oxygen atoms in total. The number of rotatable bonds is 4. The van der Waals surface area contributed by atoms with Crippen molar-refractivity contribution in [2.24, 2.45) is 0 Å². The molecule has 0 radical (unpaired) electrons. The van der Waals surface area contributed by atoms with Crippen molar-refractivity contribution in [3.05, 3.63) is 30.1 Å². The van der Waals surface area contributed by atoms with E-state index in [0.717, 1.165) is 38.3 Å². The number of likely N-dealkylation sites (tertiary alicyclic amines) is 1. The number of piperazine rings is 1. The van der Waals surface area contributed by atoms with Crippen LogP contribution in [0.2, 0.25) is 0 Å². The Morgan fingerprint density at radius 2 is 1.76 bits per heavy atom. The van der Waals surface area contributed by atoms with Crippen LogP contribution in [0.25, 0.3) is 0 Å². The summed E-state index contributed by atoms with van der Waals surface area (Å²) in [4.78, 5) is 29.8. The topological polar surface area (TPSA) is 64.1 Å². The van der Waals surface area contributed by atoms with Gasteiger partial charge in [-0.05, 0) is 44.0 Å². The van der Waals surface area contributed by atoms with Gasteiger partial charge < -0.3 is 14.9 Å². The van der Waals surface area contributed by atoms with Crippen LogP contribution in [0.15, 0.2) is 24.3 Å². The first-order valence-corrected chi connectivity index (χ1v) is 8.75. The van der Waals surface area contributed by atoms with E-state index in [1.54, 1.807) is 12.1 Å². The first-order chi connectivity index (χ1) is 12.0. The average Bonchev–Trinajstić information content (AvgIpc) is 3.11. The molecule has 1 N–H and O–H groups in total. The molecule has 2 heterocycles. The van der Waals surface area contributed by atoms with Gasteiger partial charge in [-0.25, -0.2) is 9.18 Å². The lowest BCUT2D eigenvalue weighted by Crippen LogP contribution is -2.56. The number of anilines is 1. The third-order valence-corrected chi connectivity index (χ3v) is 5.23. The lowest BCUT2D eigenvalue weighted by atomic mass is 10.1. The highest BCUT2D eigenvalue weighted by molar-refractivity contribution is 5.87. The van der Waals surface area contributed by atoms with Crippen molar-refractivity contribution < 1.29 is 19.1 Å². The number of amides is 1. The highest BCUT2D eigenvalue weighted by Gasteiger charge is 2.37. The molecule has 0 aliphatic carbocycles. The second kappa shape index (κ2) is 7.39. The van der Waals surface area contributed by atoms with Gasteiger partial charge in [0.15, 0.2) is 0 Å². The zero-order valence-electron chi connectivity index (χ0n) is 14.4. The maximum absolute atomic E-state index is 13.0. The summed E-state index contributed by atoms with van der Waals surface area (Å²) >= 11 is 0. The van der Waals surface area contributed by atoms with Gasteiger partial charge in [-0.15, -0.1) is 0 Å². The highest BCUT2D eigenvalue weighted by atomic mass is 19.1. The number of benzene rings is 1. The minimum absolute atomic E-state index is 0.0971. The molecule has 1 unspecified atom stereocenters. The second-order valence-corrected chi connectivity index (χ2v) is 6.70. The fraction of sp³-hybridized carbons (Fsp3) is 0.556. The normalized spacial score (nSPS) is 22.9. The number of hydrogen-bond acceptors (Lipinski definition) is 4. The Bertz CT molecular complexity index is 629. The van der Waals surface area contributed by atoms with Crippen molar-refractivity contribution in [3.8, 4) is 0 Å². The molecule has 2 aliphatic rings. The Kier molecular flexibility index (Phi) is 5.22. The Morgan fingerprint density at radius 3 is 2.36 bits per heavy atom. The lowest BCUT2D eigenvalue weighted by Gasteiger charge is -2.39. The largest absolute Gasteiger partial charge is 0.480 e. The molecular formula is C18H24FN3O3. The molecule has 1 amide bonds. The van der Waals surface area contributed by atoms with E-state index < -0.39 is 12.0 Å². The lowest BCUT2D eigenvalue weighted by molar-refractivity contribution is -0.150. The number of nitrogens with zero attached hydrogens (tertiary/aromatic N) is 3. The maximum atomic E-state index is 13.0. The van der Waals surface area contributed by atoms with Crippen molar-refractivity contribution in [1.29, 1.82) is 0 Å². The van der Waals surface area contributed by atoms with Gasteiger partial charge >= 0.3 is 5.97 Å². The fourth-order valence-electron chi connectivity index (χ4n) is 3.70. The molecule has 0 aromatic heterocycles. The molecule has 25 heavy (non-hydrogen) atoms. The van der Waals surface area contributed by atoms with Crippen LogP contribution in [-0.2, 0) is 9.59 Å². The molecule has 0 bridgehead atoms. The smallest absolute Gasteiger partial charge is 0.326 e. The number of carbonyl (C=O) groups excluding carboxylic acids is 1. The van der Waals surface area contributed by atoms with Gasteiger partial charge in [0.05, 0.1) is 6.04 Å². The minimum Gasteiger partial charge on any atom is -0.480 e. The van der Waals surface area contributed by atoms with Crippen molar-refractivity contribution in [2.75, 3.05) is 37.6 Å². The zero-order valence-corrected chi connectivity index (χ0v) is 14.4. The molecular weight excluding hydrogens is 325 g/mol. The average molecular weight is 349 g/mol. The van der Waals surface area contributed by atoms with Crippen LogP contribution >= 0.6 is 0 Å². The summed E-state index contributed by atoms with van der Waals surface area (Å²) in [7, 11) is 0. The van der Waals surface area contributed by atoms with Gasteiger partial charge in [-0.1, -0.05) is 0 Å². The zero-order chi connectivity index (χ0) is 18.0. The number of aliphatic carboxylic acids is 1. The molecule has 2 saturated heterocycles. The molecule has 2 fully saturated rings. The summed E-state index contributed by atoms with van der Waals surface area (Å²) in [5.41, 5.74) is 0.977. The van der Waals surface area contributed by atoms with E-state index in [-0.39, 0.29) is 17.8 Å². The summed E-state index contributed by atoms with van der Waals surface area (Å²) in [6, 6.07) is 5.43. The van der Waals surface area contributed by atoms with Crippen LogP contribution in [0.1, 0.15) is 19.8 Å². The monoisotopic (exact) mass is 349 g/mol. The van der Waals surface area contributed by atoms with Crippen LogP contribution in [0.3, 0.4) is 0 Å². The van der Waals surface area contributed by atoms with Gasteiger partial charge in [0.25, 0.3) is 0 Å². The maximum Gasteiger partial charge on any atom is 0.326 e. The summed E-state index contributed by atoms with van der Waals surface area (Å²) in [6.07, 6.45) is 1.28. The number of carboxylic acids is 1. The Morgan fingerprint density at radius 1 is 1.12 bits per heavy atom. The standard InChI is InChI=1S/C18H24FN3O3/c1-13(17(23)22-8-2-3-16(22)18(24)25)20-9-11-21(12-10-20)15-6-4-14(19)5-7-15/h4-7,13,16H,2-3,8-12H2,1H3,(H,24,25)/t13?,16-/m0/s1. The number of carboxylic acid groups (broad SMARTS) is 1. The fourth-order valence-corrected chi connectivity index (χ4v) is 3.70. The quantitative estimate of drug-likeness (QED) is 0.891. The SMILES string of the molecule is CC(C(=O)N1CCC[C@H]1C(=O)O)N1CCN(c2ccc(F)cc2)CC1. The van der Waals surface area contributed by atoms with Gasteiger partial charge in [-0.2, -0.15) is 0 Å². The third kappa shape index (κ3) is 3.76. The molecule has 2 atom stereocenters. The van der Waals surface area contributed by atoms with Gasteiger partial charge in [0, 0.05) is 38.4 Å². The third-order valence-electron chi connectivity index (χ3n) is 5.23. The van der Waals surface area contributed by atoms with Gasteiger partial charge in [0.1, 0.15) is 11.9 Å². The summed E-state index contributed by atoms with van der Waals surface area (Å²) in [5.74, 6) is -1.26. The number of hydrogen-bond donors (Lipinski definition) is 1. The van der Waals surface area contributed by atoms with E-state index in [4.69, 9.17) is 0 Å². The van der Waals surface area contributed by atoms with E-state index in [2.05, 4.69) is 9.80 Å². The molecule has 0 saturated carbocycles. The molecule has 1 aromatic carbocycles. The second-order valence-electron chi connectivity index (χ2n) is 6.70. The van der Waals surface area contributed by atoms with Crippen LogP contribution in [0, 0.1) is 5.82 Å².